The average Bonchev–Trinajstić information content (AvgIpc) is 2.05. The maximum absolute atomic E-state index is 8.59. The zero-order valence-electron chi connectivity index (χ0n) is 5.91. The minimum absolute atomic E-state index is 0.582. The van der Waals surface area contributed by atoms with Gasteiger partial charge in [-0.2, -0.15) is 10.3 Å². The summed E-state index contributed by atoms with van der Waals surface area (Å²) in [5.74, 6) is 0. The molecule has 2 nitrogen and oxygen atoms in total. The van der Waals surface area contributed by atoms with Crippen molar-refractivity contribution in [1.82, 2.24) is 0 Å². The maximum Gasteiger partial charge on any atom is 0.100 e. The van der Waals surface area contributed by atoms with Crippen LogP contribution in [0.1, 0.15) is 5.56 Å². The summed E-state index contributed by atoms with van der Waals surface area (Å²) in [6.45, 7) is 0. The Morgan fingerprint density at radius 3 is 2.75 bits per heavy atom. The summed E-state index contributed by atoms with van der Waals surface area (Å²) in [5, 5.41) is 10.8. The Balaban J connectivity index is 3.20. The van der Waals surface area contributed by atoms with Gasteiger partial charge in [0, 0.05) is 4.47 Å². The fourth-order valence-corrected chi connectivity index (χ4v) is 1.28. The molecule has 0 aliphatic heterocycles. The first kappa shape index (κ1) is 9.08. The number of benzene rings is 1. The second kappa shape index (κ2) is 4.13. The Morgan fingerprint density at radius 2 is 2.25 bits per heavy atom. The van der Waals surface area contributed by atoms with Gasteiger partial charge in [0.25, 0.3) is 0 Å². The molecule has 0 fully saturated rings. The summed E-state index contributed by atoms with van der Waals surface area (Å²) < 4.78 is 0.719. The van der Waals surface area contributed by atoms with E-state index in [0.717, 1.165) is 4.47 Å². The quantitative estimate of drug-likeness (QED) is 0.557. The van der Waals surface area contributed by atoms with Crippen LogP contribution in [0.2, 0.25) is 0 Å². The van der Waals surface area contributed by atoms with Crippen LogP contribution in [0.3, 0.4) is 0 Å². The van der Waals surface area contributed by atoms with Crippen molar-refractivity contribution in [1.29, 1.82) is 5.26 Å². The minimum Gasteiger partial charge on any atom is -0.195 e. The Kier molecular flexibility index (Phi) is 3.12. The average molecular weight is 239 g/mol. The zero-order valence-corrected chi connectivity index (χ0v) is 8.32. The number of halogens is 1. The van der Waals surface area contributed by atoms with Gasteiger partial charge < -0.3 is 0 Å². The normalized spacial score (nSPS) is 8.33. The van der Waals surface area contributed by atoms with Crippen molar-refractivity contribution in [2.24, 2.45) is 4.99 Å². The lowest BCUT2D eigenvalue weighted by Gasteiger charge is -1.94. The Bertz CT molecular complexity index is 389. The fraction of sp³-hybridized carbons (Fsp3) is 0. The van der Waals surface area contributed by atoms with Crippen LogP contribution in [0.5, 0.6) is 0 Å². The van der Waals surface area contributed by atoms with Crippen LogP contribution in [0.15, 0.2) is 27.7 Å². The van der Waals surface area contributed by atoms with E-state index in [1.807, 2.05) is 6.07 Å². The molecular formula is C8H3BrN2S. The monoisotopic (exact) mass is 238 g/mol. The molecular weight excluding hydrogens is 236 g/mol. The number of hydrogen-bond donors (Lipinski definition) is 0. The van der Waals surface area contributed by atoms with Crippen LogP contribution in [0, 0.1) is 11.3 Å². The highest BCUT2D eigenvalue weighted by Crippen LogP contribution is 2.22. The lowest BCUT2D eigenvalue weighted by Crippen LogP contribution is -1.75. The number of aliphatic imine (C=N–C) groups is 1. The maximum atomic E-state index is 8.59. The Labute approximate surface area is 83.7 Å². The molecule has 0 radical (unpaired) electrons. The molecule has 12 heavy (non-hydrogen) atoms. The number of thiocarbonyl (C=S) groups is 1. The summed E-state index contributed by atoms with van der Waals surface area (Å²) in [6, 6.07) is 7.14. The molecule has 0 N–H and O–H groups in total. The molecule has 0 bridgehead atoms. The van der Waals surface area contributed by atoms with E-state index in [1.165, 1.54) is 0 Å². The van der Waals surface area contributed by atoms with E-state index in [0.29, 0.717) is 11.3 Å². The molecule has 0 heterocycles. The van der Waals surface area contributed by atoms with Crippen molar-refractivity contribution in [3.05, 3.63) is 28.2 Å². The van der Waals surface area contributed by atoms with Gasteiger partial charge in [-0.15, -0.1) is 0 Å². The SMILES string of the molecule is N#Cc1ccc(N=C=S)cc1Br. The molecule has 58 valence electrons. The Hall–Kier alpha value is -1.01. The molecule has 0 aliphatic carbocycles. The smallest absolute Gasteiger partial charge is 0.100 e. The second-order valence-electron chi connectivity index (χ2n) is 1.98. The second-order valence-corrected chi connectivity index (χ2v) is 3.02. The molecule has 0 spiro atoms. The number of rotatable bonds is 1. The highest BCUT2D eigenvalue weighted by atomic mass is 79.9. The van der Waals surface area contributed by atoms with E-state index < -0.39 is 0 Å². The number of isothiocyanates is 1. The van der Waals surface area contributed by atoms with Gasteiger partial charge in [-0.25, -0.2) is 0 Å². The highest BCUT2D eigenvalue weighted by Gasteiger charge is 1.98. The zero-order chi connectivity index (χ0) is 8.97. The summed E-state index contributed by atoms with van der Waals surface area (Å²) in [4.78, 5) is 3.77. The van der Waals surface area contributed by atoms with Gasteiger partial charge in [-0.3, -0.25) is 0 Å². The topological polar surface area (TPSA) is 36.1 Å². The van der Waals surface area contributed by atoms with Crippen LogP contribution in [0.25, 0.3) is 0 Å². The van der Waals surface area contributed by atoms with E-state index in [9.17, 15) is 0 Å². The molecule has 0 unspecified atom stereocenters. The van der Waals surface area contributed by atoms with Gasteiger partial charge in [0.1, 0.15) is 6.07 Å². The van der Waals surface area contributed by atoms with Crippen molar-refractivity contribution in [2.45, 2.75) is 0 Å². The van der Waals surface area contributed by atoms with E-state index in [-0.39, 0.29) is 0 Å². The molecule has 0 saturated heterocycles. The first-order valence-corrected chi connectivity index (χ1v) is 4.25. The molecule has 0 aliphatic rings. The molecule has 4 heteroatoms. The van der Waals surface area contributed by atoms with Crippen molar-refractivity contribution in [2.75, 3.05) is 0 Å². The molecule has 1 aromatic carbocycles. The van der Waals surface area contributed by atoms with Crippen molar-refractivity contribution in [3.63, 3.8) is 0 Å². The van der Waals surface area contributed by atoms with Gasteiger partial charge in [0.15, 0.2) is 0 Å². The van der Waals surface area contributed by atoms with Crippen molar-refractivity contribution < 1.29 is 0 Å². The number of hydrogen-bond acceptors (Lipinski definition) is 3. The van der Waals surface area contributed by atoms with Crippen LogP contribution in [0.4, 0.5) is 5.69 Å². The van der Waals surface area contributed by atoms with Crippen LogP contribution in [-0.2, 0) is 0 Å². The standard InChI is InChI=1S/C8H3BrN2S/c9-8-3-7(11-5-12)2-1-6(8)4-10/h1-3H. The largest absolute Gasteiger partial charge is 0.195 e. The molecule has 1 aromatic rings. The minimum atomic E-state index is 0.582. The third kappa shape index (κ3) is 1.99. The summed E-state index contributed by atoms with van der Waals surface area (Å²) in [6.07, 6.45) is 0. The van der Waals surface area contributed by atoms with Gasteiger partial charge in [0.05, 0.1) is 16.4 Å². The lowest BCUT2D eigenvalue weighted by molar-refractivity contribution is 1.45. The number of nitrogens with zero attached hydrogens (tertiary/aromatic N) is 2. The van der Waals surface area contributed by atoms with Crippen molar-refractivity contribution in [3.8, 4) is 6.07 Å². The van der Waals surface area contributed by atoms with E-state index >= 15 is 0 Å². The van der Waals surface area contributed by atoms with Crippen LogP contribution in [-0.4, -0.2) is 5.16 Å². The van der Waals surface area contributed by atoms with E-state index in [1.54, 1.807) is 18.2 Å². The highest BCUT2D eigenvalue weighted by molar-refractivity contribution is 9.10. The number of nitriles is 1. The molecule has 0 atom stereocenters. The van der Waals surface area contributed by atoms with Crippen LogP contribution >= 0.6 is 28.1 Å². The third-order valence-electron chi connectivity index (χ3n) is 1.25. The summed E-state index contributed by atoms with van der Waals surface area (Å²) >= 11 is 7.67. The summed E-state index contributed by atoms with van der Waals surface area (Å²) in [5.41, 5.74) is 1.27. The van der Waals surface area contributed by atoms with Gasteiger partial charge in [-0.05, 0) is 46.3 Å². The van der Waals surface area contributed by atoms with Crippen molar-refractivity contribution >= 4 is 39.0 Å². The predicted molar refractivity (Wildman–Crippen MR) is 53.5 cm³/mol. The molecule has 0 amide bonds. The fourth-order valence-electron chi connectivity index (χ4n) is 0.717. The predicted octanol–water partition coefficient (Wildman–Crippen LogP) is 3.06. The van der Waals surface area contributed by atoms with E-state index in [4.69, 9.17) is 5.26 Å². The van der Waals surface area contributed by atoms with Gasteiger partial charge in [0.2, 0.25) is 0 Å². The molecule has 0 saturated carbocycles. The first-order valence-electron chi connectivity index (χ1n) is 3.05. The Morgan fingerprint density at radius 1 is 1.50 bits per heavy atom. The molecule has 1 rings (SSSR count). The van der Waals surface area contributed by atoms with Crippen LogP contribution < -0.4 is 0 Å². The van der Waals surface area contributed by atoms with Gasteiger partial charge in [-0.1, -0.05) is 0 Å². The van der Waals surface area contributed by atoms with E-state index in [2.05, 4.69) is 38.3 Å². The molecule has 0 aromatic heterocycles. The third-order valence-corrected chi connectivity index (χ3v) is 2.00. The lowest BCUT2D eigenvalue weighted by atomic mass is 10.2. The first-order chi connectivity index (χ1) is 5.77. The van der Waals surface area contributed by atoms with Gasteiger partial charge >= 0.3 is 0 Å². The summed E-state index contributed by atoms with van der Waals surface area (Å²) in [7, 11) is 0.